The minimum Gasteiger partial charge on any atom is -0.459 e. The second-order valence-corrected chi connectivity index (χ2v) is 5.73. The van der Waals surface area contributed by atoms with Crippen molar-refractivity contribution in [2.24, 2.45) is 5.92 Å². The van der Waals surface area contributed by atoms with Gasteiger partial charge in [-0.05, 0) is 31.4 Å². The highest BCUT2D eigenvalue weighted by molar-refractivity contribution is 5.82. The zero-order valence-electron chi connectivity index (χ0n) is 12.9. The maximum absolute atomic E-state index is 5.95. The summed E-state index contributed by atoms with van der Waals surface area (Å²) in [7, 11) is 0. The van der Waals surface area contributed by atoms with Crippen LogP contribution < -0.4 is 5.32 Å². The lowest BCUT2D eigenvalue weighted by atomic mass is 10.1. The van der Waals surface area contributed by atoms with Gasteiger partial charge in [-0.25, -0.2) is 0 Å². The molecule has 1 unspecified atom stereocenters. The van der Waals surface area contributed by atoms with Gasteiger partial charge in [-0.15, -0.1) is 0 Å². The first-order valence-corrected chi connectivity index (χ1v) is 7.38. The average Bonchev–Trinajstić information content (AvgIpc) is 2.76. The number of hydrogen-bond donors (Lipinski definition) is 1. The number of nitrogens with one attached hydrogen (secondary N) is 1. The van der Waals surface area contributed by atoms with Crippen LogP contribution in [0.3, 0.4) is 0 Å². The molecule has 1 heterocycles. The Kier molecular flexibility index (Phi) is 5.21. The van der Waals surface area contributed by atoms with Crippen molar-refractivity contribution in [3.63, 3.8) is 0 Å². The summed E-state index contributed by atoms with van der Waals surface area (Å²) in [6.45, 7) is 11.0. The number of rotatable bonds is 7. The van der Waals surface area contributed by atoms with Gasteiger partial charge in [0.25, 0.3) is 0 Å². The van der Waals surface area contributed by atoms with Crippen molar-refractivity contribution >= 4 is 11.0 Å². The van der Waals surface area contributed by atoms with Crippen LogP contribution in [0.2, 0.25) is 0 Å². The van der Waals surface area contributed by atoms with Crippen LogP contribution in [0.25, 0.3) is 11.0 Å². The Bertz CT molecular complexity index is 545. The van der Waals surface area contributed by atoms with Crippen LogP contribution in [0.1, 0.15) is 38.1 Å². The highest BCUT2D eigenvalue weighted by atomic mass is 16.5. The van der Waals surface area contributed by atoms with Gasteiger partial charge in [-0.3, -0.25) is 0 Å². The molecule has 2 aromatic rings. The van der Waals surface area contributed by atoms with E-state index in [2.05, 4.69) is 39.1 Å². The van der Waals surface area contributed by atoms with Crippen molar-refractivity contribution in [3.8, 4) is 0 Å². The lowest BCUT2D eigenvalue weighted by Crippen LogP contribution is -2.24. The number of aryl methyl sites for hydroxylation is 1. The molecule has 2 rings (SSSR count). The predicted octanol–water partition coefficient (Wildman–Crippen LogP) is 4.06. The monoisotopic (exact) mass is 275 g/mol. The third-order valence-corrected chi connectivity index (χ3v) is 3.42. The van der Waals surface area contributed by atoms with Crippen LogP contribution in [0, 0.1) is 12.8 Å². The fraction of sp³-hybridized carbons (Fsp3) is 0.529. The standard InChI is InChI=1S/C17H25NO2/c1-12(2)11-19-10-9-18-14(4)17-13(3)15-7-5-6-8-16(15)20-17/h5-8,12,14,18H,9-11H2,1-4H3. The van der Waals surface area contributed by atoms with Gasteiger partial charge in [0.15, 0.2) is 0 Å². The third-order valence-electron chi connectivity index (χ3n) is 3.42. The van der Waals surface area contributed by atoms with Crippen LogP contribution >= 0.6 is 0 Å². The molecule has 0 spiro atoms. The van der Waals surface area contributed by atoms with Crippen molar-refractivity contribution < 1.29 is 9.15 Å². The van der Waals surface area contributed by atoms with Crippen LogP contribution in [0.5, 0.6) is 0 Å². The molecule has 0 aliphatic heterocycles. The van der Waals surface area contributed by atoms with Crippen LogP contribution in [-0.2, 0) is 4.74 Å². The zero-order chi connectivity index (χ0) is 14.5. The van der Waals surface area contributed by atoms with Gasteiger partial charge in [0.1, 0.15) is 11.3 Å². The molecule has 3 nitrogen and oxygen atoms in total. The third kappa shape index (κ3) is 3.62. The summed E-state index contributed by atoms with van der Waals surface area (Å²) in [4.78, 5) is 0. The van der Waals surface area contributed by atoms with E-state index in [0.29, 0.717) is 5.92 Å². The molecule has 20 heavy (non-hydrogen) atoms. The Balaban J connectivity index is 1.91. The summed E-state index contributed by atoms with van der Waals surface area (Å²) in [6.07, 6.45) is 0. The number of furan rings is 1. The molecule has 0 fully saturated rings. The van der Waals surface area contributed by atoms with Crippen molar-refractivity contribution in [2.45, 2.75) is 33.7 Å². The molecular weight excluding hydrogens is 250 g/mol. The zero-order valence-corrected chi connectivity index (χ0v) is 12.9. The Morgan fingerprint density at radius 1 is 1.20 bits per heavy atom. The Labute approximate surface area is 121 Å². The Morgan fingerprint density at radius 3 is 2.65 bits per heavy atom. The molecule has 0 saturated heterocycles. The van der Waals surface area contributed by atoms with Gasteiger partial charge in [0.05, 0.1) is 12.6 Å². The summed E-state index contributed by atoms with van der Waals surface area (Å²) < 4.78 is 11.5. The fourth-order valence-electron chi connectivity index (χ4n) is 2.37. The summed E-state index contributed by atoms with van der Waals surface area (Å²) in [5, 5.41) is 4.66. The quantitative estimate of drug-likeness (QED) is 0.774. The van der Waals surface area contributed by atoms with E-state index in [1.807, 2.05) is 18.2 Å². The van der Waals surface area contributed by atoms with Gasteiger partial charge in [0.2, 0.25) is 0 Å². The first-order chi connectivity index (χ1) is 9.59. The smallest absolute Gasteiger partial charge is 0.134 e. The second kappa shape index (κ2) is 6.91. The Hall–Kier alpha value is -1.32. The molecule has 0 aliphatic carbocycles. The van der Waals surface area contributed by atoms with E-state index in [-0.39, 0.29) is 6.04 Å². The molecular formula is C17H25NO2. The molecule has 0 amide bonds. The molecule has 1 N–H and O–H groups in total. The predicted molar refractivity (Wildman–Crippen MR) is 83.0 cm³/mol. The van der Waals surface area contributed by atoms with Crippen LogP contribution in [0.15, 0.2) is 28.7 Å². The first kappa shape index (κ1) is 15.1. The highest BCUT2D eigenvalue weighted by Crippen LogP contribution is 2.28. The average molecular weight is 275 g/mol. The number of fused-ring (bicyclic) bond motifs is 1. The molecule has 1 aromatic heterocycles. The topological polar surface area (TPSA) is 34.4 Å². The van der Waals surface area contributed by atoms with Crippen molar-refractivity contribution in [1.82, 2.24) is 5.32 Å². The lowest BCUT2D eigenvalue weighted by Gasteiger charge is -2.13. The van der Waals surface area contributed by atoms with Crippen LogP contribution in [-0.4, -0.2) is 19.8 Å². The van der Waals surface area contributed by atoms with E-state index in [1.165, 1.54) is 10.9 Å². The molecule has 0 saturated carbocycles. The summed E-state index contributed by atoms with van der Waals surface area (Å²) in [5.74, 6) is 1.61. The highest BCUT2D eigenvalue weighted by Gasteiger charge is 2.15. The van der Waals surface area contributed by atoms with Crippen LogP contribution in [0.4, 0.5) is 0 Å². The minimum atomic E-state index is 0.199. The number of ether oxygens (including phenoxy) is 1. The van der Waals surface area contributed by atoms with E-state index in [0.717, 1.165) is 31.1 Å². The van der Waals surface area contributed by atoms with E-state index in [4.69, 9.17) is 9.15 Å². The lowest BCUT2D eigenvalue weighted by molar-refractivity contribution is 0.110. The van der Waals surface area contributed by atoms with Gasteiger partial charge < -0.3 is 14.5 Å². The van der Waals surface area contributed by atoms with Gasteiger partial charge >= 0.3 is 0 Å². The molecule has 110 valence electrons. The fourth-order valence-corrected chi connectivity index (χ4v) is 2.37. The number of para-hydroxylation sites is 1. The van der Waals surface area contributed by atoms with E-state index < -0.39 is 0 Å². The number of hydrogen-bond acceptors (Lipinski definition) is 3. The van der Waals surface area contributed by atoms with Crippen molar-refractivity contribution in [3.05, 3.63) is 35.6 Å². The maximum Gasteiger partial charge on any atom is 0.134 e. The van der Waals surface area contributed by atoms with Gasteiger partial charge in [-0.1, -0.05) is 32.0 Å². The minimum absolute atomic E-state index is 0.199. The first-order valence-electron chi connectivity index (χ1n) is 7.38. The molecule has 0 radical (unpaired) electrons. The molecule has 3 heteroatoms. The Morgan fingerprint density at radius 2 is 1.95 bits per heavy atom. The molecule has 0 aliphatic rings. The molecule has 1 atom stereocenters. The normalized spacial score (nSPS) is 13.2. The van der Waals surface area contributed by atoms with E-state index >= 15 is 0 Å². The SMILES string of the molecule is Cc1c(C(C)NCCOCC(C)C)oc2ccccc12. The molecule has 1 aromatic carbocycles. The van der Waals surface area contributed by atoms with E-state index in [9.17, 15) is 0 Å². The van der Waals surface area contributed by atoms with Crippen molar-refractivity contribution in [2.75, 3.05) is 19.8 Å². The summed E-state index contributed by atoms with van der Waals surface area (Å²) in [6, 6.07) is 8.38. The van der Waals surface area contributed by atoms with Crippen molar-refractivity contribution in [1.29, 1.82) is 0 Å². The molecule has 0 bridgehead atoms. The van der Waals surface area contributed by atoms with Gasteiger partial charge in [0, 0.05) is 18.5 Å². The maximum atomic E-state index is 5.95. The number of benzene rings is 1. The summed E-state index contributed by atoms with van der Waals surface area (Å²) in [5.41, 5.74) is 2.19. The van der Waals surface area contributed by atoms with E-state index in [1.54, 1.807) is 0 Å². The summed E-state index contributed by atoms with van der Waals surface area (Å²) >= 11 is 0. The largest absolute Gasteiger partial charge is 0.459 e. The van der Waals surface area contributed by atoms with Gasteiger partial charge in [-0.2, -0.15) is 0 Å². The second-order valence-electron chi connectivity index (χ2n) is 5.73.